The van der Waals surface area contributed by atoms with Crippen molar-refractivity contribution in [3.8, 4) is 0 Å². The highest BCUT2D eigenvalue weighted by molar-refractivity contribution is 6.04. The Hall–Kier alpha value is -2.13. The molecule has 118 valence electrons. The van der Waals surface area contributed by atoms with Crippen LogP contribution in [0.1, 0.15) is 52.2 Å². The molecular weight excluding hydrogens is 284 g/mol. The summed E-state index contributed by atoms with van der Waals surface area (Å²) in [4.78, 5) is 12.5. The summed E-state index contributed by atoms with van der Waals surface area (Å²) in [5.41, 5.74) is 11.5. The molecule has 0 radical (unpaired) electrons. The van der Waals surface area contributed by atoms with Gasteiger partial charge in [-0.05, 0) is 79.0 Å². The zero-order valence-corrected chi connectivity index (χ0v) is 13.2. The van der Waals surface area contributed by atoms with Gasteiger partial charge in [-0.1, -0.05) is 18.2 Å². The lowest BCUT2D eigenvalue weighted by Gasteiger charge is -2.21. The molecule has 1 saturated carbocycles. The number of nitrogens with one attached hydrogen (secondary N) is 1. The number of amides is 1. The van der Waals surface area contributed by atoms with Crippen molar-refractivity contribution in [3.05, 3.63) is 64.7 Å². The van der Waals surface area contributed by atoms with Gasteiger partial charge in [-0.3, -0.25) is 4.79 Å². The van der Waals surface area contributed by atoms with E-state index in [2.05, 4.69) is 23.5 Å². The van der Waals surface area contributed by atoms with E-state index in [1.54, 1.807) is 0 Å². The highest BCUT2D eigenvalue weighted by atomic mass is 16.1. The second kappa shape index (κ2) is 5.82. The predicted molar refractivity (Wildman–Crippen MR) is 92.8 cm³/mol. The summed E-state index contributed by atoms with van der Waals surface area (Å²) in [6.07, 6.45) is 5.48. The summed E-state index contributed by atoms with van der Waals surface area (Å²) in [7, 11) is 0. The fraction of sp³-hybridized carbons (Fsp3) is 0.350. The maximum Gasteiger partial charge on any atom is 0.255 e. The van der Waals surface area contributed by atoms with Crippen LogP contribution in [0.3, 0.4) is 0 Å². The molecule has 1 amide bonds. The van der Waals surface area contributed by atoms with Crippen LogP contribution < -0.4 is 11.1 Å². The lowest BCUT2D eigenvalue weighted by Crippen LogP contribution is -2.28. The largest absolute Gasteiger partial charge is 0.327 e. The molecule has 0 aromatic heterocycles. The van der Waals surface area contributed by atoms with Crippen LogP contribution in [0.2, 0.25) is 0 Å². The lowest BCUT2D eigenvalue weighted by atomic mass is 9.87. The summed E-state index contributed by atoms with van der Waals surface area (Å²) in [5.74, 6) is 0.702. The molecule has 0 spiro atoms. The smallest absolute Gasteiger partial charge is 0.255 e. The number of hydrogen-bond donors (Lipinski definition) is 2. The van der Waals surface area contributed by atoms with Gasteiger partial charge in [-0.15, -0.1) is 0 Å². The number of benzene rings is 2. The van der Waals surface area contributed by atoms with Crippen molar-refractivity contribution in [1.29, 1.82) is 0 Å². The van der Waals surface area contributed by atoms with Crippen LogP contribution in [0, 0.1) is 0 Å². The monoisotopic (exact) mass is 306 g/mol. The average Bonchev–Trinajstić information content (AvgIpc) is 3.40. The van der Waals surface area contributed by atoms with Crippen molar-refractivity contribution in [2.24, 2.45) is 5.73 Å². The molecule has 23 heavy (non-hydrogen) atoms. The first-order valence-corrected chi connectivity index (χ1v) is 8.48. The van der Waals surface area contributed by atoms with Crippen molar-refractivity contribution in [1.82, 2.24) is 0 Å². The van der Waals surface area contributed by atoms with Crippen LogP contribution >= 0.6 is 0 Å². The van der Waals surface area contributed by atoms with Crippen LogP contribution in [0.25, 0.3) is 0 Å². The van der Waals surface area contributed by atoms with Gasteiger partial charge in [0.15, 0.2) is 0 Å². The molecule has 4 rings (SSSR count). The number of fused-ring (bicyclic) bond motifs is 1. The number of hydrogen-bond acceptors (Lipinski definition) is 2. The molecule has 1 atom stereocenters. The number of rotatable bonds is 3. The highest BCUT2D eigenvalue weighted by Gasteiger charge is 2.23. The summed E-state index contributed by atoms with van der Waals surface area (Å²) in [5, 5.41) is 3.00. The fourth-order valence-corrected chi connectivity index (χ4v) is 3.38. The van der Waals surface area contributed by atoms with E-state index in [-0.39, 0.29) is 11.9 Å². The summed E-state index contributed by atoms with van der Waals surface area (Å²) in [6.45, 7) is 0. The summed E-state index contributed by atoms with van der Waals surface area (Å²) in [6, 6.07) is 14.5. The molecule has 0 heterocycles. The predicted octanol–water partition coefficient (Wildman–Crippen LogP) is 3.63. The number of anilines is 1. The third kappa shape index (κ3) is 3.15. The first-order chi connectivity index (χ1) is 11.2. The molecule has 0 bridgehead atoms. The molecule has 2 aliphatic rings. The normalized spacial score (nSPS) is 20.0. The second-order valence-electron chi connectivity index (χ2n) is 6.84. The Labute approximate surface area is 136 Å². The Morgan fingerprint density at radius 1 is 1.00 bits per heavy atom. The van der Waals surface area contributed by atoms with Gasteiger partial charge in [-0.2, -0.15) is 0 Å². The minimum Gasteiger partial charge on any atom is -0.327 e. The van der Waals surface area contributed by atoms with Crippen LogP contribution in [-0.4, -0.2) is 11.9 Å². The summed E-state index contributed by atoms with van der Waals surface area (Å²) < 4.78 is 0. The van der Waals surface area contributed by atoms with Gasteiger partial charge in [0.2, 0.25) is 0 Å². The topological polar surface area (TPSA) is 55.1 Å². The Morgan fingerprint density at radius 2 is 1.78 bits per heavy atom. The number of carbonyl (C=O) groups excluding carboxylic acids is 1. The van der Waals surface area contributed by atoms with Crippen LogP contribution in [0.4, 0.5) is 5.69 Å². The van der Waals surface area contributed by atoms with Crippen LogP contribution in [0.15, 0.2) is 42.5 Å². The molecule has 0 aliphatic heterocycles. The fourth-order valence-electron chi connectivity index (χ4n) is 3.38. The van der Waals surface area contributed by atoms with Crippen molar-refractivity contribution >= 4 is 11.6 Å². The molecular formula is C20H22N2O. The van der Waals surface area contributed by atoms with Gasteiger partial charge in [0.1, 0.15) is 0 Å². The molecule has 3 nitrogen and oxygen atoms in total. The van der Waals surface area contributed by atoms with E-state index >= 15 is 0 Å². The molecule has 1 fully saturated rings. The molecule has 3 N–H and O–H groups in total. The third-order valence-electron chi connectivity index (χ3n) is 4.95. The van der Waals surface area contributed by atoms with Crippen molar-refractivity contribution in [3.63, 3.8) is 0 Å². The van der Waals surface area contributed by atoms with Crippen LogP contribution in [0.5, 0.6) is 0 Å². The Morgan fingerprint density at radius 3 is 2.52 bits per heavy atom. The summed E-state index contributed by atoms with van der Waals surface area (Å²) >= 11 is 0. The third-order valence-corrected chi connectivity index (χ3v) is 4.95. The zero-order chi connectivity index (χ0) is 15.8. The van der Waals surface area contributed by atoms with E-state index in [1.165, 1.54) is 29.5 Å². The first-order valence-electron chi connectivity index (χ1n) is 8.48. The second-order valence-corrected chi connectivity index (χ2v) is 6.84. The van der Waals surface area contributed by atoms with Gasteiger partial charge in [0.05, 0.1) is 0 Å². The standard InChI is InChI=1S/C20H22N2O/c21-18-8-5-15-11-17(4-3-16(15)12-18)20(23)22-19-9-6-14(7-10-19)13-1-2-13/h3-4,6-7,9-11,13,18H,1-2,5,8,12,21H2,(H,22,23)/t18-/m0/s1. The minimum atomic E-state index is -0.0400. The van der Waals surface area contributed by atoms with E-state index in [0.717, 1.165) is 36.4 Å². The van der Waals surface area contributed by atoms with E-state index in [9.17, 15) is 4.79 Å². The Kier molecular flexibility index (Phi) is 3.66. The molecule has 3 heteroatoms. The van der Waals surface area contributed by atoms with E-state index in [0.29, 0.717) is 0 Å². The van der Waals surface area contributed by atoms with Gasteiger partial charge < -0.3 is 11.1 Å². The maximum atomic E-state index is 12.5. The minimum absolute atomic E-state index is 0.0400. The molecule has 2 aliphatic carbocycles. The number of aryl methyl sites for hydroxylation is 1. The van der Waals surface area contributed by atoms with E-state index < -0.39 is 0 Å². The average molecular weight is 306 g/mol. The van der Waals surface area contributed by atoms with Gasteiger partial charge in [0, 0.05) is 17.3 Å². The maximum absolute atomic E-state index is 12.5. The first kappa shape index (κ1) is 14.5. The van der Waals surface area contributed by atoms with Gasteiger partial charge >= 0.3 is 0 Å². The molecule has 2 aromatic rings. The zero-order valence-electron chi connectivity index (χ0n) is 13.2. The van der Waals surface area contributed by atoms with Gasteiger partial charge in [0.25, 0.3) is 5.91 Å². The molecule has 0 saturated heterocycles. The SMILES string of the molecule is N[C@H]1CCc2cc(C(=O)Nc3ccc(C4CC4)cc3)ccc2C1. The quantitative estimate of drug-likeness (QED) is 0.909. The number of carbonyl (C=O) groups is 1. The van der Waals surface area contributed by atoms with Crippen LogP contribution in [-0.2, 0) is 12.8 Å². The lowest BCUT2D eigenvalue weighted by molar-refractivity contribution is 0.102. The Balaban J connectivity index is 1.48. The van der Waals surface area contributed by atoms with E-state index in [4.69, 9.17) is 5.73 Å². The van der Waals surface area contributed by atoms with Crippen molar-refractivity contribution in [2.75, 3.05) is 5.32 Å². The number of nitrogens with two attached hydrogens (primary N) is 1. The molecule has 0 unspecified atom stereocenters. The molecule has 2 aromatic carbocycles. The highest BCUT2D eigenvalue weighted by Crippen LogP contribution is 2.40. The van der Waals surface area contributed by atoms with E-state index in [1.807, 2.05) is 24.3 Å². The van der Waals surface area contributed by atoms with Gasteiger partial charge in [-0.25, -0.2) is 0 Å². The van der Waals surface area contributed by atoms with Crippen molar-refractivity contribution < 1.29 is 4.79 Å². The Bertz CT molecular complexity index is 732. The van der Waals surface area contributed by atoms with Crippen molar-refractivity contribution in [2.45, 2.75) is 44.1 Å².